The molecule has 0 aliphatic heterocycles. The number of urea groups is 1. The number of thioether (sulfide) groups is 1. The average Bonchev–Trinajstić information content (AvgIpc) is 3.03. The highest BCUT2D eigenvalue weighted by molar-refractivity contribution is 7.99. The average molecular weight is 323 g/mol. The van der Waals surface area contributed by atoms with Gasteiger partial charge >= 0.3 is 6.03 Å². The van der Waals surface area contributed by atoms with Crippen molar-refractivity contribution in [2.75, 3.05) is 23.4 Å². The third kappa shape index (κ3) is 4.73. The molecule has 118 valence electrons. The number of anilines is 1. The molecular formula is C14H18FN5OS. The molecule has 2 aromatic rings. The van der Waals surface area contributed by atoms with Crippen molar-refractivity contribution in [1.82, 2.24) is 20.1 Å². The molecule has 1 aromatic carbocycles. The summed E-state index contributed by atoms with van der Waals surface area (Å²) in [5.74, 6) is 1.41. The normalized spacial score (nSPS) is 10.5. The lowest BCUT2D eigenvalue weighted by atomic mass is 10.2. The Morgan fingerprint density at radius 2 is 2.09 bits per heavy atom. The van der Waals surface area contributed by atoms with E-state index in [0.29, 0.717) is 12.2 Å². The fraction of sp³-hybridized carbons (Fsp3) is 0.357. The maximum absolute atomic E-state index is 13.8. The number of nitrogens with zero attached hydrogens (tertiary/aromatic N) is 3. The minimum Gasteiger partial charge on any atom is -0.337 e. The monoisotopic (exact) mass is 323 g/mol. The van der Waals surface area contributed by atoms with E-state index in [0.717, 1.165) is 17.9 Å². The number of carbonyl (C=O) groups excluding carboxylic acids is 1. The summed E-state index contributed by atoms with van der Waals surface area (Å²) in [5, 5.41) is 12.6. The van der Waals surface area contributed by atoms with Gasteiger partial charge in [-0.05, 0) is 30.4 Å². The van der Waals surface area contributed by atoms with Gasteiger partial charge in [-0.25, -0.2) is 9.18 Å². The lowest BCUT2D eigenvalue weighted by molar-refractivity contribution is 0.252. The molecule has 0 bridgehead atoms. The minimum atomic E-state index is -0.493. The molecule has 22 heavy (non-hydrogen) atoms. The van der Waals surface area contributed by atoms with Crippen molar-refractivity contribution in [3.05, 3.63) is 36.7 Å². The second-order valence-corrected chi connectivity index (χ2v) is 5.75. The van der Waals surface area contributed by atoms with E-state index in [-0.39, 0.29) is 5.69 Å². The first-order valence-electron chi connectivity index (χ1n) is 6.98. The smallest absolute Gasteiger partial charge is 0.319 e. The summed E-state index contributed by atoms with van der Waals surface area (Å²) < 4.78 is 15.4. The Kier molecular flexibility index (Phi) is 6.20. The number of hydrogen-bond donors (Lipinski definition) is 2. The Balaban J connectivity index is 1.91. The van der Waals surface area contributed by atoms with Crippen LogP contribution in [0.5, 0.6) is 0 Å². The summed E-state index contributed by atoms with van der Waals surface area (Å²) in [6.45, 7) is 2.65. The third-order valence-corrected chi connectivity index (χ3v) is 3.99. The molecule has 0 aliphatic carbocycles. The van der Waals surface area contributed by atoms with Crippen LogP contribution >= 0.6 is 11.8 Å². The maximum Gasteiger partial charge on any atom is 0.319 e. The minimum absolute atomic E-state index is 0.116. The molecule has 1 heterocycles. The van der Waals surface area contributed by atoms with Crippen LogP contribution in [0.4, 0.5) is 14.9 Å². The van der Waals surface area contributed by atoms with Gasteiger partial charge in [-0.1, -0.05) is 6.92 Å². The van der Waals surface area contributed by atoms with Crippen LogP contribution in [0, 0.1) is 5.82 Å². The van der Waals surface area contributed by atoms with Crippen molar-refractivity contribution < 1.29 is 9.18 Å². The number of nitrogens with one attached hydrogen (secondary N) is 2. The largest absolute Gasteiger partial charge is 0.337 e. The van der Waals surface area contributed by atoms with Crippen molar-refractivity contribution in [3.63, 3.8) is 0 Å². The molecule has 0 saturated heterocycles. The first kappa shape index (κ1) is 16.3. The molecular weight excluding hydrogens is 305 g/mol. The second-order valence-electron chi connectivity index (χ2n) is 4.53. The zero-order valence-electron chi connectivity index (χ0n) is 12.3. The first-order chi connectivity index (χ1) is 10.7. The van der Waals surface area contributed by atoms with Gasteiger partial charge in [0.05, 0.1) is 11.4 Å². The highest BCUT2D eigenvalue weighted by atomic mass is 32.2. The SMILES string of the molecule is CCCSCCNC(=O)Nc1cc(-n2cnnc2)ccc1F. The molecule has 1 aromatic heterocycles. The van der Waals surface area contributed by atoms with E-state index in [1.807, 2.05) is 0 Å². The number of amides is 2. The lowest BCUT2D eigenvalue weighted by Gasteiger charge is -2.10. The van der Waals surface area contributed by atoms with E-state index < -0.39 is 11.8 Å². The van der Waals surface area contributed by atoms with Crippen LogP contribution < -0.4 is 10.6 Å². The van der Waals surface area contributed by atoms with Gasteiger partial charge in [-0.2, -0.15) is 11.8 Å². The van der Waals surface area contributed by atoms with Crippen LogP contribution in [0.2, 0.25) is 0 Å². The predicted octanol–water partition coefficient (Wildman–Crippen LogP) is 2.67. The van der Waals surface area contributed by atoms with Gasteiger partial charge < -0.3 is 10.6 Å². The zero-order valence-corrected chi connectivity index (χ0v) is 13.1. The van der Waals surface area contributed by atoms with E-state index >= 15 is 0 Å². The maximum atomic E-state index is 13.8. The van der Waals surface area contributed by atoms with E-state index in [4.69, 9.17) is 0 Å². The van der Waals surface area contributed by atoms with E-state index in [2.05, 4.69) is 27.8 Å². The Hall–Kier alpha value is -2.09. The molecule has 2 amide bonds. The van der Waals surface area contributed by atoms with Crippen molar-refractivity contribution >= 4 is 23.5 Å². The van der Waals surface area contributed by atoms with Crippen LogP contribution in [0.1, 0.15) is 13.3 Å². The number of benzene rings is 1. The zero-order chi connectivity index (χ0) is 15.8. The third-order valence-electron chi connectivity index (χ3n) is 2.80. The quantitative estimate of drug-likeness (QED) is 0.769. The number of halogens is 1. The Morgan fingerprint density at radius 1 is 1.32 bits per heavy atom. The summed E-state index contributed by atoms with van der Waals surface area (Å²) in [4.78, 5) is 11.8. The number of rotatable bonds is 7. The summed E-state index contributed by atoms with van der Waals surface area (Å²) in [5.41, 5.74) is 0.783. The Bertz CT molecular complexity index is 605. The number of aromatic nitrogens is 3. The van der Waals surface area contributed by atoms with Gasteiger partial charge in [0.15, 0.2) is 0 Å². The molecule has 0 radical (unpaired) electrons. The number of hydrogen-bond acceptors (Lipinski definition) is 4. The number of carbonyl (C=O) groups is 1. The molecule has 0 unspecified atom stereocenters. The molecule has 8 heteroatoms. The summed E-state index contributed by atoms with van der Waals surface area (Å²) in [7, 11) is 0. The van der Waals surface area contributed by atoms with Crippen LogP contribution in [0.15, 0.2) is 30.9 Å². The van der Waals surface area contributed by atoms with Crippen molar-refractivity contribution in [3.8, 4) is 5.69 Å². The van der Waals surface area contributed by atoms with Gasteiger partial charge in [0.2, 0.25) is 0 Å². The standard InChI is InChI=1S/C14H18FN5OS/c1-2-6-22-7-5-16-14(21)19-13-8-11(3-4-12(13)15)20-9-17-18-10-20/h3-4,8-10H,2,5-7H2,1H3,(H2,16,19,21). The second kappa shape index (κ2) is 8.38. The van der Waals surface area contributed by atoms with Crippen molar-refractivity contribution in [1.29, 1.82) is 0 Å². The van der Waals surface area contributed by atoms with Crippen LogP contribution in [-0.2, 0) is 0 Å². The fourth-order valence-electron chi connectivity index (χ4n) is 1.75. The first-order valence-corrected chi connectivity index (χ1v) is 8.13. The molecule has 0 aliphatic rings. The van der Waals surface area contributed by atoms with E-state index in [1.54, 1.807) is 22.4 Å². The highest BCUT2D eigenvalue weighted by Crippen LogP contribution is 2.18. The lowest BCUT2D eigenvalue weighted by Crippen LogP contribution is -2.30. The van der Waals surface area contributed by atoms with Crippen molar-refractivity contribution in [2.45, 2.75) is 13.3 Å². The van der Waals surface area contributed by atoms with Gasteiger partial charge in [0.25, 0.3) is 0 Å². The Labute approximate surface area is 132 Å². The molecule has 2 rings (SSSR count). The summed E-state index contributed by atoms with van der Waals surface area (Å²) in [6.07, 6.45) is 4.11. The summed E-state index contributed by atoms with van der Waals surface area (Å²) in [6, 6.07) is 3.99. The van der Waals surface area contributed by atoms with Crippen LogP contribution in [0.3, 0.4) is 0 Å². The van der Waals surface area contributed by atoms with Crippen molar-refractivity contribution in [2.24, 2.45) is 0 Å². The van der Waals surface area contributed by atoms with Gasteiger partial charge in [0, 0.05) is 12.3 Å². The topological polar surface area (TPSA) is 71.8 Å². The van der Waals surface area contributed by atoms with Gasteiger partial charge in [-0.3, -0.25) is 4.57 Å². The molecule has 2 N–H and O–H groups in total. The fourth-order valence-corrected chi connectivity index (χ4v) is 2.49. The summed E-state index contributed by atoms with van der Waals surface area (Å²) >= 11 is 1.77. The molecule has 0 atom stereocenters. The predicted molar refractivity (Wildman–Crippen MR) is 86.0 cm³/mol. The van der Waals surface area contributed by atoms with E-state index in [9.17, 15) is 9.18 Å². The van der Waals surface area contributed by atoms with Crippen LogP contribution in [-0.4, -0.2) is 38.8 Å². The highest BCUT2D eigenvalue weighted by Gasteiger charge is 2.08. The molecule has 0 saturated carbocycles. The molecule has 6 nitrogen and oxygen atoms in total. The van der Waals surface area contributed by atoms with Gasteiger partial charge in [-0.15, -0.1) is 10.2 Å². The molecule has 0 fully saturated rings. The van der Waals surface area contributed by atoms with E-state index in [1.165, 1.54) is 24.8 Å². The molecule has 0 spiro atoms. The Morgan fingerprint density at radius 3 is 2.82 bits per heavy atom. The van der Waals surface area contributed by atoms with Gasteiger partial charge in [0.1, 0.15) is 18.5 Å². The van der Waals surface area contributed by atoms with Crippen LogP contribution in [0.25, 0.3) is 5.69 Å².